The first kappa shape index (κ1) is 17.0. The van der Waals surface area contributed by atoms with Crippen molar-refractivity contribution in [1.82, 2.24) is 4.90 Å². The predicted molar refractivity (Wildman–Crippen MR) is 83.3 cm³/mol. The third-order valence-corrected chi connectivity index (χ3v) is 3.44. The summed E-state index contributed by atoms with van der Waals surface area (Å²) < 4.78 is 11.0. The summed E-state index contributed by atoms with van der Waals surface area (Å²) in [4.78, 5) is 2.35. The van der Waals surface area contributed by atoms with Crippen LogP contribution in [-0.4, -0.2) is 50.9 Å². The van der Waals surface area contributed by atoms with Crippen LogP contribution in [0.5, 0.6) is 5.75 Å². The molecule has 0 aliphatic heterocycles. The fourth-order valence-corrected chi connectivity index (χ4v) is 2.24. The van der Waals surface area contributed by atoms with Gasteiger partial charge in [-0.2, -0.15) is 0 Å². The van der Waals surface area contributed by atoms with Crippen molar-refractivity contribution in [2.45, 2.75) is 26.3 Å². The van der Waals surface area contributed by atoms with Gasteiger partial charge in [-0.15, -0.1) is 0 Å². The molecule has 4 nitrogen and oxygen atoms in total. The second-order valence-corrected chi connectivity index (χ2v) is 4.96. The molecular formula is C16H28N2O2. The molecule has 0 heterocycles. The summed E-state index contributed by atoms with van der Waals surface area (Å²) in [5.74, 6) is 0.918. The Hall–Kier alpha value is -1.10. The van der Waals surface area contributed by atoms with Gasteiger partial charge >= 0.3 is 0 Å². The van der Waals surface area contributed by atoms with Crippen LogP contribution in [0, 0.1) is 0 Å². The smallest absolute Gasteiger partial charge is 0.119 e. The van der Waals surface area contributed by atoms with E-state index in [1.165, 1.54) is 5.56 Å². The fourth-order valence-electron chi connectivity index (χ4n) is 2.24. The Morgan fingerprint density at radius 2 is 1.95 bits per heavy atom. The Bertz CT molecular complexity index is 354. The van der Waals surface area contributed by atoms with Gasteiger partial charge in [-0.05, 0) is 44.1 Å². The molecule has 1 unspecified atom stereocenters. The Morgan fingerprint density at radius 1 is 1.25 bits per heavy atom. The molecule has 114 valence electrons. The van der Waals surface area contributed by atoms with Gasteiger partial charge in [-0.1, -0.05) is 19.1 Å². The molecule has 0 spiro atoms. The maximum atomic E-state index is 5.79. The van der Waals surface area contributed by atoms with Crippen LogP contribution in [0.4, 0.5) is 0 Å². The monoisotopic (exact) mass is 280 g/mol. The van der Waals surface area contributed by atoms with E-state index in [-0.39, 0.29) is 0 Å². The third kappa shape index (κ3) is 5.90. The summed E-state index contributed by atoms with van der Waals surface area (Å²) in [7, 11) is 1.74. The van der Waals surface area contributed by atoms with Gasteiger partial charge in [0.15, 0.2) is 0 Å². The van der Waals surface area contributed by atoms with Crippen LogP contribution in [0.15, 0.2) is 24.3 Å². The second-order valence-electron chi connectivity index (χ2n) is 4.96. The first-order valence-electron chi connectivity index (χ1n) is 7.36. The van der Waals surface area contributed by atoms with E-state index >= 15 is 0 Å². The van der Waals surface area contributed by atoms with Crippen molar-refractivity contribution in [3.05, 3.63) is 29.8 Å². The molecule has 0 amide bonds. The summed E-state index contributed by atoms with van der Waals surface area (Å²) in [5.41, 5.74) is 6.79. The van der Waals surface area contributed by atoms with E-state index in [4.69, 9.17) is 15.2 Å². The van der Waals surface area contributed by atoms with Crippen LogP contribution < -0.4 is 10.5 Å². The Balaban J connectivity index is 2.35. The zero-order chi connectivity index (χ0) is 14.8. The highest BCUT2D eigenvalue weighted by atomic mass is 16.5. The number of likely N-dealkylation sites (N-methyl/N-ethyl adjacent to an activating group) is 1. The van der Waals surface area contributed by atoms with Crippen molar-refractivity contribution >= 4 is 0 Å². The number of nitrogens with zero attached hydrogens (tertiary/aromatic N) is 1. The standard InChI is InChI=1S/C16H28N2O2/c1-4-18(14(2)13-19-3)11-12-20-16-7-5-15(6-8-16)9-10-17/h5-8,14H,4,9-13,17H2,1-3H3. The minimum absolute atomic E-state index is 0.417. The van der Waals surface area contributed by atoms with Crippen molar-refractivity contribution in [2.24, 2.45) is 5.73 Å². The van der Waals surface area contributed by atoms with Crippen LogP contribution >= 0.6 is 0 Å². The van der Waals surface area contributed by atoms with Gasteiger partial charge in [-0.25, -0.2) is 0 Å². The van der Waals surface area contributed by atoms with Gasteiger partial charge in [0.1, 0.15) is 12.4 Å². The molecule has 1 rings (SSSR count). The summed E-state index contributed by atoms with van der Waals surface area (Å²) >= 11 is 0. The zero-order valence-electron chi connectivity index (χ0n) is 13.0. The number of benzene rings is 1. The number of methoxy groups -OCH3 is 1. The number of hydrogen-bond acceptors (Lipinski definition) is 4. The fraction of sp³-hybridized carbons (Fsp3) is 0.625. The third-order valence-electron chi connectivity index (χ3n) is 3.44. The SMILES string of the molecule is CCN(CCOc1ccc(CCN)cc1)C(C)COC. The minimum Gasteiger partial charge on any atom is -0.492 e. The highest BCUT2D eigenvalue weighted by molar-refractivity contribution is 5.27. The van der Waals surface area contributed by atoms with Gasteiger partial charge in [0.25, 0.3) is 0 Å². The van der Waals surface area contributed by atoms with E-state index in [0.29, 0.717) is 19.2 Å². The van der Waals surface area contributed by atoms with Gasteiger partial charge < -0.3 is 15.2 Å². The average Bonchev–Trinajstić information content (AvgIpc) is 2.46. The summed E-state index contributed by atoms with van der Waals surface area (Å²) in [6.07, 6.45) is 0.915. The van der Waals surface area contributed by atoms with E-state index < -0.39 is 0 Å². The molecule has 0 fully saturated rings. The van der Waals surface area contributed by atoms with E-state index in [1.54, 1.807) is 7.11 Å². The van der Waals surface area contributed by atoms with Crippen molar-refractivity contribution in [2.75, 3.05) is 40.0 Å². The van der Waals surface area contributed by atoms with Gasteiger partial charge in [0.2, 0.25) is 0 Å². The number of rotatable bonds is 10. The van der Waals surface area contributed by atoms with E-state index in [2.05, 4.69) is 30.9 Å². The zero-order valence-corrected chi connectivity index (χ0v) is 13.0. The van der Waals surface area contributed by atoms with Crippen LogP contribution in [0.25, 0.3) is 0 Å². The Kier molecular flexibility index (Phi) is 8.26. The molecule has 4 heteroatoms. The molecule has 1 atom stereocenters. The lowest BCUT2D eigenvalue weighted by molar-refractivity contribution is 0.0920. The number of hydrogen-bond donors (Lipinski definition) is 1. The minimum atomic E-state index is 0.417. The predicted octanol–water partition coefficient (Wildman–Crippen LogP) is 1.92. The lowest BCUT2D eigenvalue weighted by Gasteiger charge is -2.27. The molecule has 0 aromatic heterocycles. The summed E-state index contributed by atoms with van der Waals surface area (Å²) in [6.45, 7) is 8.38. The maximum Gasteiger partial charge on any atom is 0.119 e. The van der Waals surface area contributed by atoms with Crippen LogP contribution in [0.2, 0.25) is 0 Å². The summed E-state index contributed by atoms with van der Waals surface area (Å²) in [6, 6.07) is 8.60. The lowest BCUT2D eigenvalue weighted by atomic mass is 10.1. The number of nitrogens with two attached hydrogens (primary N) is 1. The second kappa shape index (κ2) is 9.75. The van der Waals surface area contributed by atoms with Crippen LogP contribution in [0.1, 0.15) is 19.4 Å². The molecule has 1 aromatic rings. The molecule has 0 aliphatic carbocycles. The molecule has 0 aliphatic rings. The molecular weight excluding hydrogens is 252 g/mol. The Labute approximate surface area is 122 Å². The Morgan fingerprint density at radius 3 is 2.50 bits per heavy atom. The van der Waals surface area contributed by atoms with Crippen molar-refractivity contribution in [3.63, 3.8) is 0 Å². The first-order chi connectivity index (χ1) is 9.71. The molecule has 0 bridgehead atoms. The molecule has 1 aromatic carbocycles. The van der Waals surface area contributed by atoms with Crippen LogP contribution in [0.3, 0.4) is 0 Å². The van der Waals surface area contributed by atoms with Crippen molar-refractivity contribution in [1.29, 1.82) is 0 Å². The average molecular weight is 280 g/mol. The maximum absolute atomic E-state index is 5.79. The van der Waals surface area contributed by atoms with Gasteiger partial charge in [0.05, 0.1) is 6.61 Å². The van der Waals surface area contributed by atoms with Crippen molar-refractivity contribution < 1.29 is 9.47 Å². The number of ether oxygens (including phenoxy) is 2. The largest absolute Gasteiger partial charge is 0.492 e. The lowest BCUT2D eigenvalue weighted by Crippen LogP contribution is -2.38. The van der Waals surface area contributed by atoms with E-state index in [1.807, 2.05) is 12.1 Å². The molecule has 2 N–H and O–H groups in total. The normalized spacial score (nSPS) is 12.7. The quantitative estimate of drug-likeness (QED) is 0.711. The van der Waals surface area contributed by atoms with E-state index in [9.17, 15) is 0 Å². The first-order valence-corrected chi connectivity index (χ1v) is 7.36. The van der Waals surface area contributed by atoms with Crippen molar-refractivity contribution in [3.8, 4) is 5.75 Å². The highest BCUT2D eigenvalue weighted by Gasteiger charge is 2.11. The molecule has 0 saturated carbocycles. The molecule has 0 saturated heterocycles. The molecule has 0 radical (unpaired) electrons. The molecule has 20 heavy (non-hydrogen) atoms. The van der Waals surface area contributed by atoms with Crippen LogP contribution in [-0.2, 0) is 11.2 Å². The van der Waals surface area contributed by atoms with Gasteiger partial charge in [0, 0.05) is 19.7 Å². The topological polar surface area (TPSA) is 47.7 Å². The van der Waals surface area contributed by atoms with Gasteiger partial charge in [-0.3, -0.25) is 4.90 Å². The summed E-state index contributed by atoms with van der Waals surface area (Å²) in [5, 5.41) is 0. The highest BCUT2D eigenvalue weighted by Crippen LogP contribution is 2.12. The van der Waals surface area contributed by atoms with E-state index in [0.717, 1.165) is 31.9 Å².